The summed E-state index contributed by atoms with van der Waals surface area (Å²) in [5, 5.41) is 7.46. The molecule has 8 heteroatoms. The summed E-state index contributed by atoms with van der Waals surface area (Å²) in [4.78, 5) is 22.3. The molecule has 0 radical (unpaired) electrons. The molecule has 0 saturated carbocycles. The van der Waals surface area contributed by atoms with Crippen molar-refractivity contribution in [3.63, 3.8) is 0 Å². The molecule has 0 unspecified atom stereocenters. The second-order valence-corrected chi connectivity index (χ2v) is 5.73. The molecule has 7 nitrogen and oxygen atoms in total. The molecule has 1 amide bonds. The fraction of sp³-hybridized carbons (Fsp3) is 0.429. The van der Waals surface area contributed by atoms with E-state index in [4.69, 9.17) is 11.6 Å². The maximum Gasteiger partial charge on any atom is 0.239 e. The van der Waals surface area contributed by atoms with Gasteiger partial charge in [0.05, 0.1) is 18.1 Å². The molecule has 3 rings (SSSR count). The molecular weight excluding hydrogens is 304 g/mol. The Hall–Kier alpha value is -1.99. The zero-order chi connectivity index (χ0) is 15.4. The first-order valence-corrected chi connectivity index (χ1v) is 7.56. The Labute approximate surface area is 133 Å². The first-order chi connectivity index (χ1) is 10.7. The summed E-state index contributed by atoms with van der Waals surface area (Å²) in [7, 11) is 0. The molecule has 1 atom stereocenters. The van der Waals surface area contributed by atoms with Crippen LogP contribution in [-0.2, 0) is 11.3 Å². The van der Waals surface area contributed by atoms with Gasteiger partial charge < -0.3 is 5.32 Å². The Bertz CT molecular complexity index is 615. The van der Waals surface area contributed by atoms with E-state index in [0.29, 0.717) is 23.4 Å². The van der Waals surface area contributed by atoms with Crippen LogP contribution in [0.5, 0.6) is 0 Å². The number of carbonyl (C=O) groups is 1. The molecule has 2 aromatic rings. The number of aromatic nitrogens is 4. The summed E-state index contributed by atoms with van der Waals surface area (Å²) in [6, 6.07) is 3.70. The Balaban J connectivity index is 1.54. The van der Waals surface area contributed by atoms with Gasteiger partial charge in [-0.3, -0.25) is 14.4 Å². The Kier molecular flexibility index (Phi) is 4.65. The van der Waals surface area contributed by atoms with Gasteiger partial charge in [0.15, 0.2) is 0 Å². The summed E-state index contributed by atoms with van der Waals surface area (Å²) in [6.45, 7) is 2.02. The van der Waals surface area contributed by atoms with Crippen LogP contribution in [-0.4, -0.2) is 49.7 Å². The summed E-state index contributed by atoms with van der Waals surface area (Å²) >= 11 is 5.78. The smallest absolute Gasteiger partial charge is 0.239 e. The first-order valence-electron chi connectivity index (χ1n) is 7.18. The predicted octanol–water partition coefficient (Wildman–Crippen LogP) is 1.43. The van der Waals surface area contributed by atoms with Crippen LogP contribution in [0.25, 0.3) is 0 Å². The second kappa shape index (κ2) is 6.85. The lowest BCUT2D eigenvalue weighted by molar-refractivity contribution is -0.117. The molecular formula is C14H17ClN6O. The average Bonchev–Trinajstić information content (AvgIpc) is 3.15. The third-order valence-electron chi connectivity index (χ3n) is 3.71. The Morgan fingerprint density at radius 3 is 3.09 bits per heavy atom. The van der Waals surface area contributed by atoms with Crippen molar-refractivity contribution in [3.05, 3.63) is 36.0 Å². The number of nitrogens with zero attached hydrogens (tertiary/aromatic N) is 5. The number of hydrogen-bond acceptors (Lipinski definition) is 5. The van der Waals surface area contributed by atoms with Crippen molar-refractivity contribution in [1.82, 2.24) is 24.6 Å². The van der Waals surface area contributed by atoms with Crippen LogP contribution < -0.4 is 5.32 Å². The van der Waals surface area contributed by atoms with E-state index >= 15 is 0 Å². The number of halogens is 1. The van der Waals surface area contributed by atoms with E-state index < -0.39 is 0 Å². The number of hydrogen-bond donors (Lipinski definition) is 1. The SMILES string of the molecule is O=C(CN1CCC[C@@H]1Cn1cncn1)Nc1ccc(Cl)cn1. The summed E-state index contributed by atoms with van der Waals surface area (Å²) < 4.78 is 1.81. The van der Waals surface area contributed by atoms with Crippen molar-refractivity contribution in [2.24, 2.45) is 0 Å². The maximum atomic E-state index is 12.1. The lowest BCUT2D eigenvalue weighted by Gasteiger charge is -2.23. The first kappa shape index (κ1) is 14.9. The van der Waals surface area contributed by atoms with E-state index in [1.165, 1.54) is 12.5 Å². The summed E-state index contributed by atoms with van der Waals surface area (Å²) in [5.41, 5.74) is 0. The summed E-state index contributed by atoms with van der Waals surface area (Å²) in [5.74, 6) is 0.446. The number of pyridine rings is 1. The molecule has 22 heavy (non-hydrogen) atoms. The second-order valence-electron chi connectivity index (χ2n) is 5.29. The maximum absolute atomic E-state index is 12.1. The Morgan fingerprint density at radius 1 is 1.45 bits per heavy atom. The van der Waals surface area contributed by atoms with Gasteiger partial charge >= 0.3 is 0 Å². The van der Waals surface area contributed by atoms with E-state index in [-0.39, 0.29) is 5.91 Å². The van der Waals surface area contributed by atoms with Crippen LogP contribution in [0.4, 0.5) is 5.82 Å². The molecule has 2 aromatic heterocycles. The van der Waals surface area contributed by atoms with Crippen LogP contribution in [0, 0.1) is 0 Å². The number of rotatable bonds is 5. The number of anilines is 1. The third-order valence-corrected chi connectivity index (χ3v) is 3.93. The molecule has 1 aliphatic rings. The molecule has 1 N–H and O–H groups in total. The van der Waals surface area contributed by atoms with Crippen LogP contribution in [0.15, 0.2) is 31.0 Å². The number of nitrogens with one attached hydrogen (secondary N) is 1. The zero-order valence-corrected chi connectivity index (χ0v) is 12.8. The van der Waals surface area contributed by atoms with Gasteiger partial charge in [-0.25, -0.2) is 9.97 Å². The van der Waals surface area contributed by atoms with E-state index in [0.717, 1.165) is 25.9 Å². The summed E-state index contributed by atoms with van der Waals surface area (Å²) in [6.07, 6.45) is 6.89. The normalized spacial score (nSPS) is 18.5. The van der Waals surface area contributed by atoms with Crippen LogP contribution in [0.3, 0.4) is 0 Å². The molecule has 1 fully saturated rings. The van der Waals surface area contributed by atoms with Crippen molar-refractivity contribution in [3.8, 4) is 0 Å². The van der Waals surface area contributed by atoms with Crippen LogP contribution in [0.1, 0.15) is 12.8 Å². The van der Waals surface area contributed by atoms with E-state index in [1.54, 1.807) is 18.5 Å². The monoisotopic (exact) mass is 320 g/mol. The molecule has 1 saturated heterocycles. The van der Waals surface area contributed by atoms with Gasteiger partial charge in [0.1, 0.15) is 18.5 Å². The van der Waals surface area contributed by atoms with Crippen molar-refractivity contribution in [2.75, 3.05) is 18.4 Å². The minimum Gasteiger partial charge on any atom is -0.310 e. The van der Waals surface area contributed by atoms with E-state index in [1.807, 2.05) is 4.68 Å². The van der Waals surface area contributed by atoms with E-state index in [2.05, 4.69) is 25.3 Å². The van der Waals surface area contributed by atoms with Gasteiger partial charge in [-0.05, 0) is 31.5 Å². The lowest BCUT2D eigenvalue weighted by atomic mass is 10.2. The van der Waals surface area contributed by atoms with E-state index in [9.17, 15) is 4.79 Å². The molecule has 1 aliphatic heterocycles. The number of carbonyl (C=O) groups excluding carboxylic acids is 1. The Morgan fingerprint density at radius 2 is 2.36 bits per heavy atom. The molecule has 0 aromatic carbocycles. The zero-order valence-electron chi connectivity index (χ0n) is 12.0. The van der Waals surface area contributed by atoms with Crippen LogP contribution in [0.2, 0.25) is 5.02 Å². The largest absolute Gasteiger partial charge is 0.310 e. The van der Waals surface area contributed by atoms with Crippen molar-refractivity contribution in [1.29, 1.82) is 0 Å². The van der Waals surface area contributed by atoms with Crippen molar-refractivity contribution >= 4 is 23.3 Å². The molecule has 0 aliphatic carbocycles. The van der Waals surface area contributed by atoms with Gasteiger partial charge in [0.25, 0.3) is 0 Å². The predicted molar refractivity (Wildman–Crippen MR) is 82.5 cm³/mol. The minimum absolute atomic E-state index is 0.0692. The fourth-order valence-electron chi connectivity index (χ4n) is 2.67. The van der Waals surface area contributed by atoms with Crippen molar-refractivity contribution in [2.45, 2.75) is 25.4 Å². The lowest BCUT2D eigenvalue weighted by Crippen LogP contribution is -2.39. The van der Waals surface area contributed by atoms with Gasteiger partial charge in [-0.1, -0.05) is 11.6 Å². The molecule has 0 bridgehead atoms. The topological polar surface area (TPSA) is 75.9 Å². The van der Waals surface area contributed by atoms with Gasteiger partial charge in [0, 0.05) is 12.2 Å². The highest BCUT2D eigenvalue weighted by atomic mass is 35.5. The average molecular weight is 321 g/mol. The van der Waals surface area contributed by atoms with Gasteiger partial charge in [0.2, 0.25) is 5.91 Å². The quantitative estimate of drug-likeness (QED) is 0.902. The van der Waals surface area contributed by atoms with Gasteiger partial charge in [-0.15, -0.1) is 0 Å². The number of likely N-dealkylation sites (tertiary alicyclic amines) is 1. The van der Waals surface area contributed by atoms with Gasteiger partial charge in [-0.2, -0.15) is 5.10 Å². The van der Waals surface area contributed by atoms with Crippen molar-refractivity contribution < 1.29 is 4.79 Å². The fourth-order valence-corrected chi connectivity index (χ4v) is 2.78. The molecule has 116 valence electrons. The standard InChI is InChI=1S/C14H17ClN6O/c15-11-3-4-13(17-6-11)19-14(22)8-20-5-1-2-12(20)7-21-10-16-9-18-21/h3-4,6,9-10,12H,1-2,5,7-8H2,(H,17,19,22)/t12-/m1/s1. The van der Waals surface area contributed by atoms with Crippen LogP contribution >= 0.6 is 11.6 Å². The number of amides is 1. The highest BCUT2D eigenvalue weighted by Crippen LogP contribution is 2.18. The highest BCUT2D eigenvalue weighted by molar-refractivity contribution is 6.30. The third kappa shape index (κ3) is 3.80. The highest BCUT2D eigenvalue weighted by Gasteiger charge is 2.26. The molecule has 3 heterocycles. The minimum atomic E-state index is -0.0692. The molecule has 0 spiro atoms.